The topological polar surface area (TPSA) is 26.3 Å². The number of ether oxygens (including phenoxy) is 1. The lowest BCUT2D eigenvalue weighted by molar-refractivity contribution is 0.0992. The Morgan fingerprint density at radius 2 is 1.95 bits per heavy atom. The average molecular weight is 313 g/mol. The summed E-state index contributed by atoms with van der Waals surface area (Å²) in [5.41, 5.74) is 1.02. The van der Waals surface area contributed by atoms with Crippen LogP contribution in [0.4, 0.5) is 4.39 Å². The molecule has 20 heavy (non-hydrogen) atoms. The lowest BCUT2D eigenvalue weighted by Gasteiger charge is -2.08. The van der Waals surface area contributed by atoms with Crippen molar-refractivity contribution >= 4 is 29.0 Å². The number of carbonyl (C=O) groups excluding carboxylic acids is 1. The Morgan fingerprint density at radius 1 is 1.20 bits per heavy atom. The number of halogens is 3. The molecule has 0 aliphatic carbocycles. The lowest BCUT2D eigenvalue weighted by Crippen LogP contribution is -2.05. The Bertz CT molecular complexity index is 656. The molecule has 0 fully saturated rings. The maximum Gasteiger partial charge on any atom is 0.167 e. The first kappa shape index (κ1) is 14.8. The van der Waals surface area contributed by atoms with E-state index in [0.717, 1.165) is 0 Å². The minimum absolute atomic E-state index is 0.0751. The van der Waals surface area contributed by atoms with E-state index in [0.29, 0.717) is 21.9 Å². The van der Waals surface area contributed by atoms with Gasteiger partial charge in [-0.1, -0.05) is 23.2 Å². The fourth-order valence-corrected chi connectivity index (χ4v) is 2.21. The summed E-state index contributed by atoms with van der Waals surface area (Å²) >= 11 is 11.6. The molecule has 0 aliphatic rings. The fraction of sp³-hybridized carbons (Fsp3) is 0.133. The van der Waals surface area contributed by atoms with Crippen molar-refractivity contribution in [2.45, 2.75) is 6.42 Å². The maximum absolute atomic E-state index is 13.1. The van der Waals surface area contributed by atoms with Crippen molar-refractivity contribution in [3.8, 4) is 5.75 Å². The number of Topliss-reactive ketones (excluding diaryl/α,β-unsaturated/α-hetero) is 1. The molecule has 0 unspecified atom stereocenters. The molecule has 104 valence electrons. The first-order valence-corrected chi connectivity index (χ1v) is 6.57. The molecule has 0 saturated heterocycles. The van der Waals surface area contributed by atoms with Gasteiger partial charge in [-0.2, -0.15) is 0 Å². The van der Waals surface area contributed by atoms with Gasteiger partial charge in [-0.25, -0.2) is 4.39 Å². The molecule has 2 aromatic carbocycles. The van der Waals surface area contributed by atoms with Crippen LogP contribution in [0, 0.1) is 5.82 Å². The van der Waals surface area contributed by atoms with Crippen molar-refractivity contribution in [3.63, 3.8) is 0 Å². The van der Waals surface area contributed by atoms with Crippen LogP contribution in [0.1, 0.15) is 15.9 Å². The normalized spacial score (nSPS) is 10.4. The minimum Gasteiger partial charge on any atom is -0.496 e. The van der Waals surface area contributed by atoms with E-state index in [1.165, 1.54) is 25.3 Å². The summed E-state index contributed by atoms with van der Waals surface area (Å²) in [6.45, 7) is 0. The molecule has 2 rings (SSSR count). The Kier molecular flexibility index (Phi) is 4.63. The Balaban J connectivity index is 2.27. The van der Waals surface area contributed by atoms with Crippen LogP contribution in [0.2, 0.25) is 10.0 Å². The second-order valence-corrected chi connectivity index (χ2v) is 5.03. The van der Waals surface area contributed by atoms with Gasteiger partial charge in [0.15, 0.2) is 5.78 Å². The van der Waals surface area contributed by atoms with Gasteiger partial charge in [0.2, 0.25) is 0 Å². The SMILES string of the molecule is COc1ccc(Cl)cc1CC(=O)c1ccc(F)c(Cl)c1. The molecule has 0 heterocycles. The first-order valence-electron chi connectivity index (χ1n) is 5.82. The number of hydrogen-bond acceptors (Lipinski definition) is 2. The average Bonchev–Trinajstić information content (AvgIpc) is 2.42. The molecule has 2 nitrogen and oxygen atoms in total. The summed E-state index contributed by atoms with van der Waals surface area (Å²) in [5, 5.41) is 0.444. The smallest absolute Gasteiger partial charge is 0.167 e. The largest absolute Gasteiger partial charge is 0.496 e. The molecule has 0 N–H and O–H groups in total. The molecule has 0 spiro atoms. The lowest BCUT2D eigenvalue weighted by atomic mass is 10.0. The van der Waals surface area contributed by atoms with Crippen LogP contribution in [0.15, 0.2) is 36.4 Å². The Hall–Kier alpha value is -1.58. The minimum atomic E-state index is -0.552. The Labute approximate surface area is 126 Å². The van der Waals surface area contributed by atoms with Crippen LogP contribution in [-0.2, 0) is 6.42 Å². The van der Waals surface area contributed by atoms with E-state index >= 15 is 0 Å². The van der Waals surface area contributed by atoms with Crippen LogP contribution < -0.4 is 4.74 Å². The molecule has 2 aromatic rings. The highest BCUT2D eigenvalue weighted by Gasteiger charge is 2.13. The van der Waals surface area contributed by atoms with Gasteiger partial charge < -0.3 is 4.74 Å². The van der Waals surface area contributed by atoms with Gasteiger partial charge in [-0.3, -0.25) is 4.79 Å². The third-order valence-electron chi connectivity index (χ3n) is 2.84. The van der Waals surface area contributed by atoms with Crippen LogP contribution in [-0.4, -0.2) is 12.9 Å². The highest BCUT2D eigenvalue weighted by molar-refractivity contribution is 6.31. The zero-order chi connectivity index (χ0) is 14.7. The van der Waals surface area contributed by atoms with Gasteiger partial charge in [0.1, 0.15) is 11.6 Å². The highest BCUT2D eigenvalue weighted by atomic mass is 35.5. The first-order chi connectivity index (χ1) is 9.51. The second-order valence-electron chi connectivity index (χ2n) is 4.19. The van der Waals surface area contributed by atoms with Gasteiger partial charge in [0.25, 0.3) is 0 Å². The molecule has 0 atom stereocenters. The summed E-state index contributed by atoms with van der Waals surface area (Å²) in [7, 11) is 1.52. The summed E-state index contributed by atoms with van der Waals surface area (Å²) in [5.74, 6) is -0.160. The van der Waals surface area contributed by atoms with Crippen LogP contribution in [0.5, 0.6) is 5.75 Å². The van der Waals surface area contributed by atoms with Gasteiger partial charge in [-0.15, -0.1) is 0 Å². The van der Waals surface area contributed by atoms with Crippen LogP contribution >= 0.6 is 23.2 Å². The number of carbonyl (C=O) groups is 1. The quantitative estimate of drug-likeness (QED) is 0.773. The van der Waals surface area contributed by atoms with Gasteiger partial charge in [0.05, 0.1) is 12.1 Å². The maximum atomic E-state index is 13.1. The van der Waals surface area contributed by atoms with E-state index in [9.17, 15) is 9.18 Å². The van der Waals surface area contributed by atoms with Crippen molar-refractivity contribution in [1.82, 2.24) is 0 Å². The molecule has 0 aliphatic heterocycles. The Morgan fingerprint density at radius 3 is 2.60 bits per heavy atom. The van der Waals surface area contributed by atoms with Crippen LogP contribution in [0.3, 0.4) is 0 Å². The highest BCUT2D eigenvalue weighted by Crippen LogP contribution is 2.25. The third-order valence-corrected chi connectivity index (χ3v) is 3.36. The van der Waals surface area contributed by atoms with Crippen molar-refractivity contribution in [2.24, 2.45) is 0 Å². The molecule has 0 amide bonds. The monoisotopic (exact) mass is 312 g/mol. The van der Waals surface area contributed by atoms with Crippen molar-refractivity contribution in [2.75, 3.05) is 7.11 Å². The fourth-order valence-electron chi connectivity index (χ4n) is 1.83. The van der Waals surface area contributed by atoms with Crippen molar-refractivity contribution < 1.29 is 13.9 Å². The van der Waals surface area contributed by atoms with Gasteiger partial charge in [-0.05, 0) is 36.4 Å². The van der Waals surface area contributed by atoms with Gasteiger partial charge in [0, 0.05) is 22.6 Å². The van der Waals surface area contributed by atoms with E-state index in [1.807, 2.05) is 0 Å². The molecule has 5 heteroatoms. The predicted octanol–water partition coefficient (Wildman–Crippen LogP) is 4.57. The molecular weight excluding hydrogens is 302 g/mol. The third kappa shape index (κ3) is 3.30. The summed E-state index contributed by atoms with van der Waals surface area (Å²) < 4.78 is 18.3. The molecule has 0 bridgehead atoms. The molecule has 0 radical (unpaired) electrons. The van der Waals surface area contributed by atoms with Crippen molar-refractivity contribution in [3.05, 3.63) is 63.4 Å². The van der Waals surface area contributed by atoms with E-state index in [-0.39, 0.29) is 17.2 Å². The zero-order valence-corrected chi connectivity index (χ0v) is 12.1. The number of ketones is 1. The van der Waals surface area contributed by atoms with Crippen LogP contribution in [0.25, 0.3) is 0 Å². The summed E-state index contributed by atoms with van der Waals surface area (Å²) in [6, 6.07) is 8.94. The number of methoxy groups -OCH3 is 1. The standard InChI is InChI=1S/C15H11Cl2FO2/c1-20-15-5-3-11(16)6-10(15)8-14(19)9-2-4-13(18)12(17)7-9/h2-7H,8H2,1H3. The van der Waals surface area contributed by atoms with E-state index in [1.54, 1.807) is 18.2 Å². The van der Waals surface area contributed by atoms with E-state index in [4.69, 9.17) is 27.9 Å². The molecular formula is C15H11Cl2FO2. The molecule has 0 aromatic heterocycles. The van der Waals surface area contributed by atoms with E-state index in [2.05, 4.69) is 0 Å². The van der Waals surface area contributed by atoms with Crippen molar-refractivity contribution in [1.29, 1.82) is 0 Å². The van der Waals surface area contributed by atoms with E-state index < -0.39 is 5.82 Å². The number of hydrogen-bond donors (Lipinski definition) is 0. The summed E-state index contributed by atoms with van der Waals surface area (Å²) in [6.07, 6.45) is 0.103. The number of rotatable bonds is 4. The number of benzene rings is 2. The molecule has 0 saturated carbocycles. The van der Waals surface area contributed by atoms with Gasteiger partial charge >= 0.3 is 0 Å². The predicted molar refractivity (Wildman–Crippen MR) is 77.4 cm³/mol. The summed E-state index contributed by atoms with van der Waals surface area (Å²) in [4.78, 5) is 12.2. The second kappa shape index (κ2) is 6.25. The zero-order valence-electron chi connectivity index (χ0n) is 10.6.